The number of piperidine rings is 1. The topological polar surface area (TPSA) is 58.4 Å². The lowest BCUT2D eigenvalue weighted by Crippen LogP contribution is -2.59. The quantitative estimate of drug-likeness (QED) is 0.773. The Kier molecular flexibility index (Phi) is 4.55. The summed E-state index contributed by atoms with van der Waals surface area (Å²) in [6.07, 6.45) is 3.50. The van der Waals surface area contributed by atoms with Crippen molar-refractivity contribution in [2.24, 2.45) is 11.1 Å². The summed E-state index contributed by atoms with van der Waals surface area (Å²) < 4.78 is 0. The number of nitrogens with one attached hydrogen (secondary N) is 1. The molecule has 0 aromatic heterocycles. The van der Waals surface area contributed by atoms with E-state index in [1.54, 1.807) is 0 Å². The van der Waals surface area contributed by atoms with Crippen molar-refractivity contribution in [3.63, 3.8) is 0 Å². The van der Waals surface area contributed by atoms with Crippen molar-refractivity contribution in [3.8, 4) is 0 Å². The molecule has 1 saturated heterocycles. The predicted octanol–water partition coefficient (Wildman–Crippen LogP) is 1.65. The van der Waals surface area contributed by atoms with Crippen LogP contribution in [-0.4, -0.2) is 29.0 Å². The summed E-state index contributed by atoms with van der Waals surface area (Å²) in [6.45, 7) is 10.3. The molecule has 4 heteroatoms. The monoisotopic (exact) mass is 241 g/mol. The largest absolute Gasteiger partial charge is 0.319 e. The molecule has 3 atom stereocenters. The zero-order valence-electron chi connectivity index (χ0n) is 11.8. The van der Waals surface area contributed by atoms with E-state index in [9.17, 15) is 4.79 Å². The van der Waals surface area contributed by atoms with Gasteiger partial charge in [0.15, 0.2) is 0 Å². The van der Waals surface area contributed by atoms with Crippen LogP contribution in [0.15, 0.2) is 0 Å². The van der Waals surface area contributed by atoms with Gasteiger partial charge in [0.25, 0.3) is 5.91 Å². The number of hydrogen-bond donors (Lipinski definition) is 2. The van der Waals surface area contributed by atoms with Crippen molar-refractivity contribution < 1.29 is 4.79 Å². The van der Waals surface area contributed by atoms with E-state index < -0.39 is 6.04 Å². The molecule has 2 unspecified atom stereocenters. The van der Waals surface area contributed by atoms with Gasteiger partial charge >= 0.3 is 0 Å². The summed E-state index contributed by atoms with van der Waals surface area (Å²) in [5.41, 5.74) is 8.76. The molecule has 0 aromatic carbocycles. The van der Waals surface area contributed by atoms with Gasteiger partial charge in [-0.2, -0.15) is 0 Å². The van der Waals surface area contributed by atoms with E-state index in [0.717, 1.165) is 12.8 Å². The first-order chi connectivity index (χ1) is 7.73. The maximum Gasteiger partial charge on any atom is 0.251 e. The Morgan fingerprint density at radius 2 is 1.76 bits per heavy atom. The van der Waals surface area contributed by atoms with E-state index in [4.69, 9.17) is 5.73 Å². The fourth-order valence-corrected chi connectivity index (χ4v) is 2.23. The maximum atomic E-state index is 12.1. The normalized spacial score (nSPS) is 28.8. The third-order valence-corrected chi connectivity index (χ3v) is 3.65. The lowest BCUT2D eigenvalue weighted by molar-refractivity contribution is -0.132. The lowest BCUT2D eigenvalue weighted by atomic mass is 9.87. The minimum Gasteiger partial charge on any atom is -0.319 e. The first-order valence-electron chi connectivity index (χ1n) is 6.58. The second kappa shape index (κ2) is 5.36. The Labute approximate surface area is 105 Å². The zero-order valence-corrected chi connectivity index (χ0v) is 11.8. The van der Waals surface area contributed by atoms with Crippen LogP contribution < -0.4 is 11.2 Å². The number of amides is 1. The minimum absolute atomic E-state index is 0.0712. The van der Waals surface area contributed by atoms with Crippen LogP contribution in [0, 0.1) is 5.41 Å². The molecule has 0 aromatic rings. The molecule has 100 valence electrons. The molecule has 0 spiro atoms. The smallest absolute Gasteiger partial charge is 0.251 e. The highest BCUT2D eigenvalue weighted by Crippen LogP contribution is 2.22. The third-order valence-electron chi connectivity index (χ3n) is 3.65. The van der Waals surface area contributed by atoms with Gasteiger partial charge in [-0.15, -0.1) is 0 Å². The molecule has 4 nitrogen and oxygen atoms in total. The first kappa shape index (κ1) is 14.5. The average Bonchev–Trinajstić information content (AvgIpc) is 2.21. The van der Waals surface area contributed by atoms with E-state index in [2.05, 4.69) is 24.3 Å². The molecule has 1 fully saturated rings. The van der Waals surface area contributed by atoms with Crippen LogP contribution in [0.3, 0.4) is 0 Å². The van der Waals surface area contributed by atoms with Gasteiger partial charge in [-0.1, -0.05) is 27.2 Å². The van der Waals surface area contributed by atoms with Crippen molar-refractivity contribution in [3.05, 3.63) is 0 Å². The number of rotatable bonds is 2. The van der Waals surface area contributed by atoms with Crippen molar-refractivity contribution in [1.82, 2.24) is 10.4 Å². The van der Waals surface area contributed by atoms with Crippen LogP contribution in [0.25, 0.3) is 0 Å². The molecule has 1 amide bonds. The van der Waals surface area contributed by atoms with Gasteiger partial charge < -0.3 is 5.73 Å². The van der Waals surface area contributed by atoms with Gasteiger partial charge in [0.2, 0.25) is 0 Å². The Balaban J connectivity index is 2.61. The molecule has 1 rings (SSSR count). The Morgan fingerprint density at radius 3 is 2.18 bits per heavy atom. The summed E-state index contributed by atoms with van der Waals surface area (Å²) in [4.78, 5) is 12.1. The minimum atomic E-state index is -0.469. The summed E-state index contributed by atoms with van der Waals surface area (Å²) in [7, 11) is 0. The fourth-order valence-electron chi connectivity index (χ4n) is 2.23. The zero-order chi connectivity index (χ0) is 13.2. The van der Waals surface area contributed by atoms with Crippen molar-refractivity contribution in [2.75, 3.05) is 0 Å². The van der Waals surface area contributed by atoms with E-state index in [1.165, 1.54) is 6.42 Å². The van der Waals surface area contributed by atoms with Crippen LogP contribution in [0.4, 0.5) is 0 Å². The molecule has 1 aliphatic heterocycles. The van der Waals surface area contributed by atoms with Gasteiger partial charge in [0.1, 0.15) is 0 Å². The number of hydrazine groups is 1. The van der Waals surface area contributed by atoms with Crippen LogP contribution in [0.2, 0.25) is 0 Å². The predicted molar refractivity (Wildman–Crippen MR) is 70.2 cm³/mol. The van der Waals surface area contributed by atoms with Gasteiger partial charge in [0.05, 0.1) is 6.04 Å². The molecule has 0 saturated carbocycles. The number of hydrogen-bond acceptors (Lipinski definition) is 3. The number of nitrogens with two attached hydrogens (primary N) is 1. The van der Waals surface area contributed by atoms with Crippen molar-refractivity contribution in [2.45, 2.75) is 72.0 Å². The number of nitrogens with zero attached hydrogens (tertiary/aromatic N) is 1. The van der Waals surface area contributed by atoms with E-state index >= 15 is 0 Å². The third kappa shape index (κ3) is 3.68. The van der Waals surface area contributed by atoms with Gasteiger partial charge in [-0.25, -0.2) is 5.01 Å². The van der Waals surface area contributed by atoms with Gasteiger partial charge in [-0.05, 0) is 32.1 Å². The van der Waals surface area contributed by atoms with Crippen molar-refractivity contribution >= 4 is 5.91 Å². The van der Waals surface area contributed by atoms with Crippen LogP contribution in [0.1, 0.15) is 53.9 Å². The lowest BCUT2D eigenvalue weighted by Gasteiger charge is -2.40. The Morgan fingerprint density at radius 1 is 1.29 bits per heavy atom. The highest BCUT2D eigenvalue weighted by Gasteiger charge is 2.32. The van der Waals surface area contributed by atoms with Crippen LogP contribution >= 0.6 is 0 Å². The fraction of sp³-hybridized carbons (Fsp3) is 0.923. The standard InChI is InChI=1S/C13H27N3O/c1-9-7-6-8-10(2)16(9)15-12(17)11(14)13(3,4)5/h9-11H,6-8,14H2,1-5H3,(H,15,17)/t9?,10?,11-/m1/s1. The molecule has 3 N–H and O–H groups in total. The molecular weight excluding hydrogens is 214 g/mol. The average molecular weight is 241 g/mol. The highest BCUT2D eigenvalue weighted by atomic mass is 16.2. The molecule has 1 aliphatic rings. The van der Waals surface area contributed by atoms with Gasteiger partial charge in [0, 0.05) is 12.1 Å². The summed E-state index contributed by atoms with van der Waals surface area (Å²) in [5, 5.41) is 2.07. The highest BCUT2D eigenvalue weighted by molar-refractivity contribution is 5.81. The molecule has 0 aliphatic carbocycles. The Bertz CT molecular complexity index is 262. The molecule has 17 heavy (non-hydrogen) atoms. The molecule has 0 radical (unpaired) electrons. The van der Waals surface area contributed by atoms with Crippen molar-refractivity contribution in [1.29, 1.82) is 0 Å². The van der Waals surface area contributed by atoms with E-state index in [-0.39, 0.29) is 11.3 Å². The first-order valence-corrected chi connectivity index (χ1v) is 6.58. The van der Waals surface area contributed by atoms with E-state index in [0.29, 0.717) is 12.1 Å². The summed E-state index contributed by atoms with van der Waals surface area (Å²) >= 11 is 0. The second-order valence-corrected chi connectivity index (χ2v) is 6.36. The second-order valence-electron chi connectivity index (χ2n) is 6.36. The molecule has 1 heterocycles. The molecule has 0 bridgehead atoms. The van der Waals surface area contributed by atoms with E-state index in [1.807, 2.05) is 20.8 Å². The van der Waals surface area contributed by atoms with Gasteiger partial charge in [-0.3, -0.25) is 10.2 Å². The SMILES string of the molecule is CC1CCCC(C)N1NC(=O)[C@@H](N)C(C)(C)C. The Hall–Kier alpha value is -0.610. The summed E-state index contributed by atoms with van der Waals surface area (Å²) in [5.74, 6) is -0.0712. The summed E-state index contributed by atoms with van der Waals surface area (Å²) in [6, 6.07) is 0.327. The molecular formula is C13H27N3O. The van der Waals surface area contributed by atoms with Crippen LogP contribution in [-0.2, 0) is 4.79 Å². The number of carbonyl (C=O) groups is 1. The maximum absolute atomic E-state index is 12.1. The number of carbonyl (C=O) groups excluding carboxylic acids is 1. The van der Waals surface area contributed by atoms with Crippen LogP contribution in [0.5, 0.6) is 0 Å².